The van der Waals surface area contributed by atoms with E-state index in [1.165, 1.54) is 86.1 Å². The van der Waals surface area contributed by atoms with Crippen LogP contribution in [-0.4, -0.2) is 0 Å². The minimum atomic E-state index is -2.55. The number of halogens is 2. The Morgan fingerprint density at radius 2 is 0.920 bits per heavy atom. The monoisotopic (exact) mass is 738 g/mol. The SMILES string of the molecule is CCCC1=Cc2c(-c3ccc(C(C)(C)C)cc3)cccc2[CH]1[Ti+2]1([CH]2C(CCC)=Cc3c(-c4ccc(C(C)(C)C)cc4)cccc32)[CH2]C[CH2]1.[Cl-].[Cl-]. The molecule has 0 N–H and O–H groups in total. The summed E-state index contributed by atoms with van der Waals surface area (Å²) >= 11 is -2.55. The van der Waals surface area contributed by atoms with Gasteiger partial charge in [0.25, 0.3) is 0 Å². The first-order valence-corrected chi connectivity index (χ1v) is 22.9. The van der Waals surface area contributed by atoms with Crippen LogP contribution in [0.5, 0.6) is 0 Å². The van der Waals surface area contributed by atoms with Crippen LogP contribution in [-0.2, 0) is 27.4 Å². The van der Waals surface area contributed by atoms with Crippen molar-refractivity contribution in [1.82, 2.24) is 0 Å². The summed E-state index contributed by atoms with van der Waals surface area (Å²) in [5.74, 6) is 0. The molecule has 0 aromatic heterocycles. The van der Waals surface area contributed by atoms with Gasteiger partial charge in [-0.2, -0.15) is 0 Å². The maximum atomic E-state index is 2.67. The smallest absolute Gasteiger partial charge is 1.00 e. The third-order valence-corrected chi connectivity index (χ3v) is 21.7. The van der Waals surface area contributed by atoms with E-state index in [2.05, 4.69) is 152 Å². The molecule has 0 radical (unpaired) electrons. The zero-order valence-electron chi connectivity index (χ0n) is 31.6. The fraction of sp³-hybridized carbons (Fsp3) is 0.404. The van der Waals surface area contributed by atoms with Crippen LogP contribution in [0, 0.1) is 0 Å². The van der Waals surface area contributed by atoms with Crippen molar-refractivity contribution in [2.45, 2.75) is 116 Å². The van der Waals surface area contributed by atoms with E-state index in [4.69, 9.17) is 0 Å². The average molecular weight is 740 g/mol. The van der Waals surface area contributed by atoms with Crippen LogP contribution >= 0.6 is 0 Å². The number of rotatable bonds is 8. The number of hydrogen-bond donors (Lipinski definition) is 0. The first-order chi connectivity index (χ1) is 23.0. The van der Waals surface area contributed by atoms with Gasteiger partial charge in [-0.05, 0) is 0 Å². The Labute approximate surface area is 319 Å². The van der Waals surface area contributed by atoms with E-state index in [9.17, 15) is 0 Å². The molecule has 7 rings (SSSR count). The van der Waals surface area contributed by atoms with Gasteiger partial charge in [-0.3, -0.25) is 0 Å². The Kier molecular flexibility index (Phi) is 11.6. The maximum Gasteiger partial charge on any atom is -1.00 e. The van der Waals surface area contributed by atoms with Crippen LogP contribution in [0.2, 0.25) is 9.45 Å². The van der Waals surface area contributed by atoms with Crippen LogP contribution in [0.3, 0.4) is 0 Å². The van der Waals surface area contributed by atoms with Crippen LogP contribution in [0.15, 0.2) is 96.1 Å². The summed E-state index contributed by atoms with van der Waals surface area (Å²) in [6.07, 6.45) is 11.7. The summed E-state index contributed by atoms with van der Waals surface area (Å²) < 4.78 is 4.30. The zero-order chi connectivity index (χ0) is 33.8. The average Bonchev–Trinajstić information content (AvgIpc) is 3.59. The Morgan fingerprint density at radius 3 is 1.22 bits per heavy atom. The molecule has 3 heteroatoms. The predicted molar refractivity (Wildman–Crippen MR) is 207 cm³/mol. The molecule has 0 amide bonds. The van der Waals surface area contributed by atoms with Crippen molar-refractivity contribution in [3.8, 4) is 22.3 Å². The van der Waals surface area contributed by atoms with Crippen molar-refractivity contribution in [3.63, 3.8) is 0 Å². The van der Waals surface area contributed by atoms with E-state index >= 15 is 0 Å². The van der Waals surface area contributed by atoms with Gasteiger partial charge >= 0.3 is 297 Å². The molecule has 3 aliphatic rings. The van der Waals surface area contributed by atoms with Crippen LogP contribution in [0.4, 0.5) is 0 Å². The molecule has 0 bridgehead atoms. The van der Waals surface area contributed by atoms with Crippen LogP contribution < -0.4 is 24.8 Å². The summed E-state index contributed by atoms with van der Waals surface area (Å²) in [7, 11) is 0. The third-order valence-electron chi connectivity index (χ3n) is 11.9. The standard InChI is InChI=1S/2C22H25.C3H6.2ClH.Ti/c2*1-5-7-16-14-18-8-6-9-20(21(18)15-16)17-10-12-19(13-11-17)22(2,3)4;1-3-2;;;/h2*6,8-15H,5,7H2,1-4H3;1-3H2;2*1H;/q;;;;;+2/p-2. The van der Waals surface area contributed by atoms with Gasteiger partial charge in [0.1, 0.15) is 0 Å². The third kappa shape index (κ3) is 6.81. The number of hydrogen-bond acceptors (Lipinski definition) is 0. The second kappa shape index (κ2) is 14.9. The molecule has 1 fully saturated rings. The summed E-state index contributed by atoms with van der Waals surface area (Å²) in [6.45, 7) is 18.6. The van der Waals surface area contributed by atoms with E-state index in [0.29, 0.717) is 8.45 Å². The van der Waals surface area contributed by atoms with Gasteiger partial charge in [0.2, 0.25) is 0 Å². The molecule has 2 aliphatic carbocycles. The molecule has 262 valence electrons. The van der Waals surface area contributed by atoms with Crippen molar-refractivity contribution in [3.05, 3.63) is 129 Å². The Morgan fingerprint density at radius 1 is 0.540 bits per heavy atom. The topological polar surface area (TPSA) is 0 Å². The molecule has 1 saturated heterocycles. The molecule has 50 heavy (non-hydrogen) atoms. The minimum Gasteiger partial charge on any atom is -1.00 e. The molecule has 4 aromatic carbocycles. The normalized spacial score (nSPS) is 18.3. The van der Waals surface area contributed by atoms with Crippen molar-refractivity contribution in [1.29, 1.82) is 0 Å². The first-order valence-electron chi connectivity index (χ1n) is 18.8. The summed E-state index contributed by atoms with van der Waals surface area (Å²) in [4.78, 5) is 0. The van der Waals surface area contributed by atoms with Gasteiger partial charge in [0.05, 0.1) is 0 Å². The van der Waals surface area contributed by atoms with Crippen molar-refractivity contribution in [2.75, 3.05) is 0 Å². The van der Waals surface area contributed by atoms with Gasteiger partial charge in [0, 0.05) is 0 Å². The maximum absolute atomic E-state index is 2.67. The fourth-order valence-electron chi connectivity index (χ4n) is 9.43. The number of allylic oxidation sites excluding steroid dienone is 2. The van der Waals surface area contributed by atoms with Gasteiger partial charge in [-0.25, -0.2) is 0 Å². The summed E-state index contributed by atoms with van der Waals surface area (Å²) in [6, 6.07) is 33.5. The molecular formula is C47H56Cl2Ti. The Balaban J connectivity index is 0.00000243. The van der Waals surface area contributed by atoms with Gasteiger partial charge < -0.3 is 24.8 Å². The molecule has 0 nitrogen and oxygen atoms in total. The second-order valence-corrected chi connectivity index (χ2v) is 24.4. The van der Waals surface area contributed by atoms with Gasteiger partial charge in [-0.1, -0.05) is 0 Å². The van der Waals surface area contributed by atoms with E-state index in [1.807, 2.05) is 0 Å². The van der Waals surface area contributed by atoms with E-state index in [1.54, 1.807) is 22.3 Å². The van der Waals surface area contributed by atoms with E-state index < -0.39 is 16.6 Å². The van der Waals surface area contributed by atoms with Gasteiger partial charge in [-0.15, -0.1) is 0 Å². The van der Waals surface area contributed by atoms with Crippen LogP contribution in [0.25, 0.3) is 34.4 Å². The zero-order valence-corrected chi connectivity index (χ0v) is 34.7. The molecule has 1 heterocycles. The quantitative estimate of drug-likeness (QED) is 0.160. The van der Waals surface area contributed by atoms with Crippen molar-refractivity contribution in [2.24, 2.45) is 0 Å². The predicted octanol–water partition coefficient (Wildman–Crippen LogP) is 8.19. The fourth-order valence-corrected chi connectivity index (χ4v) is 19.3. The van der Waals surface area contributed by atoms with Crippen molar-refractivity contribution >= 4 is 12.2 Å². The largest absolute Gasteiger partial charge is 1.00 e. The number of benzene rings is 4. The second-order valence-electron chi connectivity index (χ2n) is 17.2. The molecule has 1 aliphatic heterocycles. The van der Waals surface area contributed by atoms with E-state index in [0.717, 1.165) is 0 Å². The molecular weight excluding hydrogens is 683 g/mol. The molecule has 4 aromatic rings. The molecule has 0 spiro atoms. The molecule has 0 saturated carbocycles. The van der Waals surface area contributed by atoms with Gasteiger partial charge in [0.15, 0.2) is 0 Å². The minimum absolute atomic E-state index is 0. The van der Waals surface area contributed by atoms with Crippen LogP contribution in [0.1, 0.15) is 129 Å². The summed E-state index contributed by atoms with van der Waals surface area (Å²) in [5.41, 5.74) is 18.6. The number of fused-ring (bicyclic) bond motifs is 2. The summed E-state index contributed by atoms with van der Waals surface area (Å²) in [5, 5.41) is 0. The Hall–Kier alpha value is -2.35. The molecule has 2 unspecified atom stereocenters. The molecule has 2 atom stereocenters. The first kappa shape index (κ1) is 38.9. The van der Waals surface area contributed by atoms with E-state index in [-0.39, 0.29) is 35.6 Å². The Bertz CT molecular complexity index is 1740. The van der Waals surface area contributed by atoms with Crippen molar-refractivity contribution < 1.29 is 41.4 Å².